The Hall–Kier alpha value is -2.21. The van der Waals surface area contributed by atoms with Crippen LogP contribution in [0, 0.1) is 0 Å². The van der Waals surface area contributed by atoms with Crippen LogP contribution in [0.1, 0.15) is 0 Å². The SMILES string of the molecule is CNc1cc(-c2cnn(C)c2)nc(-c2cccc(Br)c2)n1. The van der Waals surface area contributed by atoms with Crippen molar-refractivity contribution in [3.63, 3.8) is 0 Å². The number of nitrogens with zero attached hydrogens (tertiary/aromatic N) is 4. The maximum atomic E-state index is 4.65. The van der Waals surface area contributed by atoms with Gasteiger partial charge in [-0.15, -0.1) is 0 Å². The highest BCUT2D eigenvalue weighted by Gasteiger charge is 2.09. The molecule has 106 valence electrons. The average molecular weight is 344 g/mol. The Kier molecular flexibility index (Phi) is 3.70. The van der Waals surface area contributed by atoms with Gasteiger partial charge in [0.25, 0.3) is 0 Å². The van der Waals surface area contributed by atoms with E-state index in [4.69, 9.17) is 0 Å². The van der Waals surface area contributed by atoms with Crippen molar-refractivity contribution < 1.29 is 0 Å². The molecule has 1 aromatic carbocycles. The van der Waals surface area contributed by atoms with Crippen molar-refractivity contribution in [2.75, 3.05) is 12.4 Å². The van der Waals surface area contributed by atoms with Crippen LogP contribution in [0.5, 0.6) is 0 Å². The molecule has 0 radical (unpaired) electrons. The Morgan fingerprint density at radius 2 is 2.00 bits per heavy atom. The van der Waals surface area contributed by atoms with Gasteiger partial charge in [-0.3, -0.25) is 4.68 Å². The molecule has 0 bridgehead atoms. The molecule has 0 spiro atoms. The van der Waals surface area contributed by atoms with E-state index in [1.165, 1.54) is 0 Å². The first-order chi connectivity index (χ1) is 10.2. The largest absolute Gasteiger partial charge is 0.373 e. The Labute approximate surface area is 131 Å². The average Bonchev–Trinajstić information content (AvgIpc) is 2.93. The summed E-state index contributed by atoms with van der Waals surface area (Å²) in [4.78, 5) is 9.18. The minimum Gasteiger partial charge on any atom is -0.373 e. The molecule has 0 aliphatic heterocycles. The Bertz CT molecular complexity index is 781. The molecule has 6 heteroatoms. The van der Waals surface area contributed by atoms with Crippen molar-refractivity contribution in [3.05, 3.63) is 47.2 Å². The number of hydrogen-bond acceptors (Lipinski definition) is 4. The van der Waals surface area contributed by atoms with Crippen molar-refractivity contribution >= 4 is 21.7 Å². The molecule has 3 rings (SSSR count). The van der Waals surface area contributed by atoms with Crippen LogP contribution in [-0.4, -0.2) is 26.8 Å². The number of anilines is 1. The lowest BCUT2D eigenvalue weighted by molar-refractivity contribution is 0.768. The van der Waals surface area contributed by atoms with Gasteiger partial charge < -0.3 is 5.32 Å². The van der Waals surface area contributed by atoms with Gasteiger partial charge >= 0.3 is 0 Å². The molecule has 1 N–H and O–H groups in total. The first-order valence-electron chi connectivity index (χ1n) is 6.47. The van der Waals surface area contributed by atoms with Gasteiger partial charge in [-0.25, -0.2) is 9.97 Å². The van der Waals surface area contributed by atoms with Crippen molar-refractivity contribution in [1.29, 1.82) is 0 Å². The fourth-order valence-electron chi connectivity index (χ4n) is 2.03. The predicted molar refractivity (Wildman–Crippen MR) is 86.9 cm³/mol. The van der Waals surface area contributed by atoms with E-state index in [9.17, 15) is 0 Å². The summed E-state index contributed by atoms with van der Waals surface area (Å²) >= 11 is 3.48. The van der Waals surface area contributed by atoms with Gasteiger partial charge in [-0.2, -0.15) is 5.10 Å². The predicted octanol–water partition coefficient (Wildman–Crippen LogP) is 3.35. The maximum absolute atomic E-state index is 4.65. The van der Waals surface area contributed by atoms with Crippen LogP contribution in [0.15, 0.2) is 47.2 Å². The third kappa shape index (κ3) is 2.95. The molecular weight excluding hydrogens is 330 g/mol. The van der Waals surface area contributed by atoms with E-state index in [1.807, 2.05) is 50.6 Å². The van der Waals surface area contributed by atoms with Crippen LogP contribution in [0.25, 0.3) is 22.6 Å². The van der Waals surface area contributed by atoms with Crippen molar-refractivity contribution in [2.45, 2.75) is 0 Å². The third-order valence-corrected chi connectivity index (χ3v) is 3.56. The first-order valence-corrected chi connectivity index (χ1v) is 7.27. The number of aromatic nitrogens is 4. The van der Waals surface area contributed by atoms with Gasteiger partial charge in [-0.1, -0.05) is 28.1 Å². The highest BCUT2D eigenvalue weighted by Crippen LogP contribution is 2.25. The van der Waals surface area contributed by atoms with E-state index in [-0.39, 0.29) is 0 Å². The fraction of sp³-hybridized carbons (Fsp3) is 0.133. The van der Waals surface area contributed by atoms with Gasteiger partial charge in [0.15, 0.2) is 5.82 Å². The second kappa shape index (κ2) is 5.65. The molecule has 0 aliphatic carbocycles. The van der Waals surface area contributed by atoms with Gasteiger partial charge in [0.2, 0.25) is 0 Å². The number of nitrogens with one attached hydrogen (secondary N) is 1. The van der Waals surface area contributed by atoms with Crippen molar-refractivity contribution in [2.24, 2.45) is 7.05 Å². The number of aryl methyl sites for hydroxylation is 1. The lowest BCUT2D eigenvalue weighted by Crippen LogP contribution is -1.98. The number of benzene rings is 1. The van der Waals surface area contributed by atoms with Crippen LogP contribution in [-0.2, 0) is 7.05 Å². The van der Waals surface area contributed by atoms with Crippen LogP contribution in [0.3, 0.4) is 0 Å². The second-order valence-electron chi connectivity index (χ2n) is 4.63. The quantitative estimate of drug-likeness (QED) is 0.792. The van der Waals surface area contributed by atoms with Gasteiger partial charge in [0, 0.05) is 42.0 Å². The molecular formula is C15H14BrN5. The number of rotatable bonds is 3. The van der Waals surface area contributed by atoms with E-state index in [2.05, 4.69) is 36.3 Å². The summed E-state index contributed by atoms with van der Waals surface area (Å²) in [6.45, 7) is 0. The van der Waals surface area contributed by atoms with Gasteiger partial charge in [0.05, 0.1) is 11.9 Å². The van der Waals surface area contributed by atoms with E-state index in [1.54, 1.807) is 10.9 Å². The smallest absolute Gasteiger partial charge is 0.162 e. The molecule has 0 unspecified atom stereocenters. The standard InChI is InChI=1S/C15H14BrN5/c1-17-14-7-13(11-8-18-21(2)9-11)19-15(20-14)10-4-3-5-12(16)6-10/h3-9H,1-2H3,(H,17,19,20). The van der Waals surface area contributed by atoms with E-state index in [0.29, 0.717) is 5.82 Å². The molecule has 21 heavy (non-hydrogen) atoms. The molecule has 0 saturated heterocycles. The zero-order valence-corrected chi connectivity index (χ0v) is 13.3. The topological polar surface area (TPSA) is 55.6 Å². The molecule has 2 heterocycles. The fourth-order valence-corrected chi connectivity index (χ4v) is 2.43. The highest BCUT2D eigenvalue weighted by atomic mass is 79.9. The summed E-state index contributed by atoms with van der Waals surface area (Å²) in [6.07, 6.45) is 3.74. The molecule has 0 aliphatic rings. The molecule has 2 aromatic heterocycles. The van der Waals surface area contributed by atoms with Gasteiger partial charge in [0.1, 0.15) is 5.82 Å². The van der Waals surface area contributed by atoms with E-state index < -0.39 is 0 Å². The third-order valence-electron chi connectivity index (χ3n) is 3.07. The van der Waals surface area contributed by atoms with Gasteiger partial charge in [-0.05, 0) is 12.1 Å². The normalized spacial score (nSPS) is 10.6. The zero-order valence-electron chi connectivity index (χ0n) is 11.7. The number of halogens is 1. The minimum atomic E-state index is 0.682. The first kappa shape index (κ1) is 13.8. The molecule has 5 nitrogen and oxygen atoms in total. The van der Waals surface area contributed by atoms with Crippen molar-refractivity contribution in [3.8, 4) is 22.6 Å². The van der Waals surface area contributed by atoms with E-state index in [0.717, 1.165) is 27.1 Å². The minimum absolute atomic E-state index is 0.682. The molecule has 3 aromatic rings. The zero-order chi connectivity index (χ0) is 14.8. The summed E-state index contributed by atoms with van der Waals surface area (Å²) in [5.41, 5.74) is 2.77. The number of hydrogen-bond donors (Lipinski definition) is 1. The van der Waals surface area contributed by atoms with Crippen LogP contribution < -0.4 is 5.32 Å². The molecule has 0 amide bonds. The van der Waals surface area contributed by atoms with Crippen LogP contribution in [0.4, 0.5) is 5.82 Å². The van der Waals surface area contributed by atoms with E-state index >= 15 is 0 Å². The molecule has 0 fully saturated rings. The van der Waals surface area contributed by atoms with Crippen LogP contribution in [0.2, 0.25) is 0 Å². The second-order valence-corrected chi connectivity index (χ2v) is 5.54. The maximum Gasteiger partial charge on any atom is 0.162 e. The van der Waals surface area contributed by atoms with Crippen molar-refractivity contribution in [1.82, 2.24) is 19.7 Å². The summed E-state index contributed by atoms with van der Waals surface area (Å²) in [5, 5.41) is 7.27. The summed E-state index contributed by atoms with van der Waals surface area (Å²) in [6, 6.07) is 9.86. The molecule has 0 saturated carbocycles. The lowest BCUT2D eigenvalue weighted by Gasteiger charge is -2.07. The molecule has 0 atom stereocenters. The van der Waals surface area contributed by atoms with Crippen LogP contribution >= 0.6 is 15.9 Å². The monoisotopic (exact) mass is 343 g/mol. The summed E-state index contributed by atoms with van der Waals surface area (Å²) in [5.74, 6) is 1.46. The Morgan fingerprint density at radius 1 is 1.14 bits per heavy atom. The Balaban J connectivity index is 2.13. The Morgan fingerprint density at radius 3 is 2.67 bits per heavy atom. The summed E-state index contributed by atoms with van der Waals surface area (Å²) < 4.78 is 2.76. The summed E-state index contributed by atoms with van der Waals surface area (Å²) in [7, 11) is 3.74. The highest BCUT2D eigenvalue weighted by molar-refractivity contribution is 9.10. The lowest BCUT2D eigenvalue weighted by atomic mass is 10.2.